The third-order valence-electron chi connectivity index (χ3n) is 4.33. The number of morpholine rings is 1. The van der Waals surface area contributed by atoms with E-state index in [9.17, 15) is 4.39 Å². The van der Waals surface area contributed by atoms with Gasteiger partial charge >= 0.3 is 0 Å². The highest BCUT2D eigenvalue weighted by Gasteiger charge is 2.24. The lowest BCUT2D eigenvalue weighted by Crippen LogP contribution is -2.47. The molecule has 1 atom stereocenters. The summed E-state index contributed by atoms with van der Waals surface area (Å²) in [7, 11) is 1.99. The van der Waals surface area contributed by atoms with Gasteiger partial charge in [0.25, 0.3) is 0 Å². The van der Waals surface area contributed by atoms with Crippen LogP contribution >= 0.6 is 0 Å². The van der Waals surface area contributed by atoms with Crippen molar-refractivity contribution >= 4 is 27.8 Å². The van der Waals surface area contributed by atoms with Gasteiger partial charge in [-0.25, -0.2) is 9.37 Å². The number of hydrogen-bond donors (Lipinski definition) is 0. The Labute approximate surface area is 127 Å². The van der Waals surface area contributed by atoms with Crippen molar-refractivity contribution in [3.8, 4) is 0 Å². The Balaban J connectivity index is 1.86. The maximum absolute atomic E-state index is 13.2. The molecule has 1 fully saturated rings. The predicted octanol–water partition coefficient (Wildman–Crippen LogP) is 2.30. The summed E-state index contributed by atoms with van der Waals surface area (Å²) in [6.07, 6.45) is 3.64. The number of pyridine rings is 2. The van der Waals surface area contributed by atoms with Crippen molar-refractivity contribution in [2.24, 2.45) is 7.05 Å². The molecule has 3 aromatic rings. The maximum atomic E-state index is 13.2. The van der Waals surface area contributed by atoms with Crippen LogP contribution in [0.4, 0.5) is 10.2 Å². The fourth-order valence-corrected chi connectivity index (χ4v) is 3.15. The number of hydrogen-bond acceptors (Lipinski definition) is 4. The van der Waals surface area contributed by atoms with E-state index in [4.69, 9.17) is 9.72 Å². The van der Waals surface area contributed by atoms with Crippen molar-refractivity contribution in [2.75, 3.05) is 31.3 Å². The molecule has 3 aromatic heterocycles. The molecule has 0 radical (unpaired) electrons. The minimum atomic E-state index is -0.432. The molecule has 4 heterocycles. The molecule has 4 rings (SSSR count). The van der Waals surface area contributed by atoms with E-state index in [2.05, 4.69) is 9.55 Å². The number of nitrogens with zero attached hydrogens (tertiary/aromatic N) is 4. The zero-order chi connectivity index (χ0) is 15.1. The molecule has 0 saturated carbocycles. The van der Waals surface area contributed by atoms with Gasteiger partial charge in [-0.3, -0.25) is 4.98 Å². The molecule has 0 bridgehead atoms. The number of alkyl halides is 1. The molecule has 22 heavy (non-hydrogen) atoms. The van der Waals surface area contributed by atoms with Crippen LogP contribution in [0.25, 0.3) is 21.9 Å². The fraction of sp³-hybridized carbons (Fsp3) is 0.375. The zero-order valence-electron chi connectivity index (χ0n) is 12.4. The quantitative estimate of drug-likeness (QED) is 0.728. The van der Waals surface area contributed by atoms with Crippen molar-refractivity contribution in [3.05, 3.63) is 30.6 Å². The van der Waals surface area contributed by atoms with E-state index in [1.54, 1.807) is 6.20 Å². The summed E-state index contributed by atoms with van der Waals surface area (Å²) >= 11 is 0. The van der Waals surface area contributed by atoms with Gasteiger partial charge in [0.15, 0.2) is 0 Å². The molecule has 0 N–H and O–H groups in total. The van der Waals surface area contributed by atoms with Crippen molar-refractivity contribution in [3.63, 3.8) is 0 Å². The van der Waals surface area contributed by atoms with E-state index in [-0.39, 0.29) is 6.04 Å². The molecule has 6 heteroatoms. The summed E-state index contributed by atoms with van der Waals surface area (Å²) in [5, 5.41) is 2.16. The third kappa shape index (κ3) is 1.94. The maximum Gasteiger partial charge on any atom is 0.143 e. The number of anilines is 1. The Bertz CT molecular complexity index is 831. The second-order valence-corrected chi connectivity index (χ2v) is 5.57. The number of ether oxygens (including phenoxy) is 1. The Morgan fingerprint density at radius 2 is 2.23 bits per heavy atom. The smallest absolute Gasteiger partial charge is 0.143 e. The Morgan fingerprint density at radius 1 is 1.32 bits per heavy atom. The summed E-state index contributed by atoms with van der Waals surface area (Å²) in [6, 6.07) is 5.74. The number of halogens is 1. The van der Waals surface area contributed by atoms with Gasteiger partial charge < -0.3 is 14.2 Å². The van der Waals surface area contributed by atoms with Crippen LogP contribution in [-0.4, -0.2) is 47.0 Å². The van der Waals surface area contributed by atoms with Crippen molar-refractivity contribution < 1.29 is 9.13 Å². The van der Waals surface area contributed by atoms with Gasteiger partial charge in [0, 0.05) is 36.8 Å². The van der Waals surface area contributed by atoms with Crippen LogP contribution in [-0.2, 0) is 11.8 Å². The van der Waals surface area contributed by atoms with Crippen molar-refractivity contribution in [2.45, 2.75) is 6.04 Å². The molecule has 5 nitrogen and oxygen atoms in total. The van der Waals surface area contributed by atoms with Gasteiger partial charge in [-0.1, -0.05) is 0 Å². The van der Waals surface area contributed by atoms with Gasteiger partial charge in [-0.15, -0.1) is 0 Å². The molecular weight excluding hydrogens is 282 g/mol. The first kappa shape index (κ1) is 13.5. The fourth-order valence-electron chi connectivity index (χ4n) is 3.15. The molecule has 1 saturated heterocycles. The van der Waals surface area contributed by atoms with Crippen molar-refractivity contribution in [1.29, 1.82) is 0 Å². The van der Waals surface area contributed by atoms with Crippen LogP contribution in [0.1, 0.15) is 0 Å². The molecule has 0 spiro atoms. The van der Waals surface area contributed by atoms with Crippen molar-refractivity contribution in [1.82, 2.24) is 14.5 Å². The summed E-state index contributed by atoms with van der Waals surface area (Å²) in [6.45, 7) is 1.25. The number of rotatable bonds is 2. The minimum Gasteiger partial charge on any atom is -0.377 e. The molecule has 0 amide bonds. The van der Waals surface area contributed by atoms with E-state index >= 15 is 0 Å². The molecule has 0 aliphatic carbocycles. The number of aryl methyl sites for hydroxylation is 1. The monoisotopic (exact) mass is 299 g/mol. The topological polar surface area (TPSA) is 43.2 Å². The second kappa shape index (κ2) is 5.21. The SMILES string of the molecule is Cn1c2ccncc2c2ccc(N3CCOCC3C[18F])nc21. The lowest BCUT2D eigenvalue weighted by atomic mass is 10.2. The summed E-state index contributed by atoms with van der Waals surface area (Å²) in [5.41, 5.74) is 1.99. The number of aromatic nitrogens is 3. The highest BCUT2D eigenvalue weighted by Crippen LogP contribution is 2.29. The average Bonchev–Trinajstić information content (AvgIpc) is 2.88. The molecule has 114 valence electrons. The molecule has 0 aromatic carbocycles. The first-order chi connectivity index (χ1) is 10.8. The minimum absolute atomic E-state index is 0.255. The highest BCUT2D eigenvalue weighted by molar-refractivity contribution is 6.06. The van der Waals surface area contributed by atoms with E-state index in [1.807, 2.05) is 36.3 Å². The van der Waals surface area contributed by atoms with Crippen LogP contribution in [0.5, 0.6) is 0 Å². The molecule has 1 aliphatic heterocycles. The first-order valence-corrected chi connectivity index (χ1v) is 7.39. The lowest BCUT2D eigenvalue weighted by Gasteiger charge is -2.34. The average molecular weight is 299 g/mol. The van der Waals surface area contributed by atoms with Gasteiger partial charge in [0.1, 0.15) is 18.1 Å². The second-order valence-electron chi connectivity index (χ2n) is 5.57. The zero-order valence-corrected chi connectivity index (χ0v) is 12.4. The van der Waals surface area contributed by atoms with Gasteiger partial charge in [0.2, 0.25) is 0 Å². The normalized spacial score (nSPS) is 19.2. The van der Waals surface area contributed by atoms with E-state index < -0.39 is 6.67 Å². The number of fused-ring (bicyclic) bond motifs is 3. The van der Waals surface area contributed by atoms with Crippen LogP contribution < -0.4 is 4.90 Å². The largest absolute Gasteiger partial charge is 0.377 e. The van der Waals surface area contributed by atoms with E-state index in [0.29, 0.717) is 19.8 Å². The van der Waals surface area contributed by atoms with Crippen LogP contribution in [0.3, 0.4) is 0 Å². The van der Waals surface area contributed by atoms with E-state index in [1.165, 1.54) is 0 Å². The Kier molecular flexibility index (Phi) is 3.18. The highest BCUT2D eigenvalue weighted by atomic mass is 18.2. The standard InChI is InChI=1S/C16H17FN4O/c1-20-14-4-5-18-9-13(14)12-2-3-15(19-16(12)20)21-6-7-22-10-11(21)8-17/h2-5,9,11H,6-8,10H2,1H3/i17-1. The molecular formula is C16H17FN4O. The Morgan fingerprint density at radius 3 is 3.09 bits per heavy atom. The van der Waals surface area contributed by atoms with Crippen LogP contribution in [0, 0.1) is 0 Å². The lowest BCUT2D eigenvalue weighted by molar-refractivity contribution is 0.0856. The van der Waals surface area contributed by atoms with Gasteiger partial charge in [-0.05, 0) is 18.2 Å². The molecule has 1 aliphatic rings. The summed E-state index contributed by atoms with van der Waals surface area (Å²) < 4.78 is 20.6. The van der Waals surface area contributed by atoms with Gasteiger partial charge in [-0.2, -0.15) is 0 Å². The third-order valence-corrected chi connectivity index (χ3v) is 4.33. The van der Waals surface area contributed by atoms with E-state index in [0.717, 1.165) is 27.8 Å². The Hall–Kier alpha value is -2.21. The predicted molar refractivity (Wildman–Crippen MR) is 83.9 cm³/mol. The van der Waals surface area contributed by atoms with Crippen LogP contribution in [0.15, 0.2) is 30.6 Å². The first-order valence-electron chi connectivity index (χ1n) is 7.39. The molecule has 1 unspecified atom stereocenters. The summed E-state index contributed by atoms with van der Waals surface area (Å²) in [5.74, 6) is 0.803. The van der Waals surface area contributed by atoms with Gasteiger partial charge in [0.05, 0.1) is 24.8 Å². The summed E-state index contributed by atoms with van der Waals surface area (Å²) in [4.78, 5) is 11.0. The van der Waals surface area contributed by atoms with Crippen LogP contribution in [0.2, 0.25) is 0 Å².